The lowest BCUT2D eigenvalue weighted by molar-refractivity contribution is 0.706. The van der Waals surface area contributed by atoms with Crippen LogP contribution in [0.2, 0.25) is 0 Å². The summed E-state index contributed by atoms with van der Waals surface area (Å²) in [6.45, 7) is 2.54. The molecule has 0 amide bonds. The molecule has 1 rings (SSSR count). The second kappa shape index (κ2) is 4.29. The lowest BCUT2D eigenvalue weighted by atomic mass is 10.3. The van der Waals surface area contributed by atoms with Gasteiger partial charge in [0, 0.05) is 30.9 Å². The van der Waals surface area contributed by atoms with Crippen molar-refractivity contribution in [2.45, 2.75) is 19.9 Å². The molecular weight excluding hydrogens is 230 g/mol. The highest BCUT2D eigenvalue weighted by Gasteiger charge is 2.00. The first-order chi connectivity index (χ1) is 6.15. The molecule has 68 valence electrons. The minimum absolute atomic E-state index is 0.0388. The van der Waals surface area contributed by atoms with E-state index in [-0.39, 0.29) is 5.43 Å². The van der Waals surface area contributed by atoms with Crippen molar-refractivity contribution >= 4 is 15.9 Å². The summed E-state index contributed by atoms with van der Waals surface area (Å²) in [6, 6.07) is 0. The Bertz CT molecular complexity index is 374. The van der Waals surface area contributed by atoms with Crippen LogP contribution in [0, 0.1) is 19.3 Å². The summed E-state index contributed by atoms with van der Waals surface area (Å²) in [6.07, 6.45) is 9.39. The first-order valence-electron chi connectivity index (χ1n) is 3.95. The van der Waals surface area contributed by atoms with E-state index in [0.29, 0.717) is 10.9 Å². The van der Waals surface area contributed by atoms with Crippen molar-refractivity contribution in [3.05, 3.63) is 32.7 Å². The third-order valence-electron chi connectivity index (χ3n) is 1.73. The van der Waals surface area contributed by atoms with Gasteiger partial charge in [0.25, 0.3) is 0 Å². The number of aryl methyl sites for hydroxylation is 2. The third-order valence-corrected chi connectivity index (χ3v) is 2.29. The van der Waals surface area contributed by atoms with Gasteiger partial charge < -0.3 is 4.57 Å². The fraction of sp³-hybridized carbons (Fsp3) is 0.300. The molecule has 0 atom stereocenters. The SMILES string of the molecule is C#CCCn1cc(C)c(=O)c(Br)c1. The van der Waals surface area contributed by atoms with Crippen molar-refractivity contribution in [2.75, 3.05) is 0 Å². The van der Waals surface area contributed by atoms with Gasteiger partial charge in [0.15, 0.2) is 5.43 Å². The summed E-state index contributed by atoms with van der Waals surface area (Å²) in [7, 11) is 0. The highest BCUT2D eigenvalue weighted by Crippen LogP contribution is 2.04. The smallest absolute Gasteiger partial charge is 0.198 e. The van der Waals surface area contributed by atoms with Crippen LogP contribution in [0.15, 0.2) is 21.7 Å². The van der Waals surface area contributed by atoms with Crippen LogP contribution in [-0.4, -0.2) is 4.57 Å². The molecule has 0 fully saturated rings. The molecule has 0 aromatic carbocycles. The third kappa shape index (κ3) is 2.46. The molecule has 0 radical (unpaired) electrons. The number of rotatable bonds is 2. The molecule has 13 heavy (non-hydrogen) atoms. The Morgan fingerprint density at radius 3 is 2.85 bits per heavy atom. The van der Waals surface area contributed by atoms with Gasteiger partial charge in [-0.25, -0.2) is 0 Å². The van der Waals surface area contributed by atoms with Crippen molar-refractivity contribution < 1.29 is 0 Å². The van der Waals surface area contributed by atoms with Crippen molar-refractivity contribution in [3.8, 4) is 12.3 Å². The zero-order chi connectivity index (χ0) is 9.84. The maximum absolute atomic E-state index is 11.3. The Hall–Kier alpha value is -1.01. The molecule has 0 bridgehead atoms. The summed E-state index contributed by atoms with van der Waals surface area (Å²) in [5.41, 5.74) is 0.767. The van der Waals surface area contributed by atoms with E-state index >= 15 is 0 Å². The Labute approximate surface area is 85.7 Å². The average molecular weight is 240 g/mol. The molecule has 0 spiro atoms. The van der Waals surface area contributed by atoms with Gasteiger partial charge in [-0.2, -0.15) is 0 Å². The van der Waals surface area contributed by atoms with Crippen LogP contribution >= 0.6 is 15.9 Å². The largest absolute Gasteiger partial charge is 0.352 e. The average Bonchev–Trinajstić information content (AvgIpc) is 2.10. The molecule has 0 aliphatic heterocycles. The zero-order valence-corrected chi connectivity index (χ0v) is 8.97. The summed E-state index contributed by atoms with van der Waals surface area (Å²) < 4.78 is 2.50. The van der Waals surface area contributed by atoms with E-state index in [4.69, 9.17) is 6.42 Å². The van der Waals surface area contributed by atoms with Crippen molar-refractivity contribution in [2.24, 2.45) is 0 Å². The van der Waals surface area contributed by atoms with E-state index in [1.807, 2.05) is 10.8 Å². The monoisotopic (exact) mass is 239 g/mol. The molecular formula is C10H10BrNO. The molecule has 0 N–H and O–H groups in total. The van der Waals surface area contributed by atoms with E-state index in [1.165, 1.54) is 0 Å². The number of nitrogens with zero attached hydrogens (tertiary/aromatic N) is 1. The molecule has 3 heteroatoms. The topological polar surface area (TPSA) is 22.0 Å². The standard InChI is InChI=1S/C10H10BrNO/c1-3-4-5-12-6-8(2)10(13)9(11)7-12/h1,6-7H,4-5H2,2H3. The van der Waals surface area contributed by atoms with Crippen molar-refractivity contribution in [3.63, 3.8) is 0 Å². The van der Waals surface area contributed by atoms with Gasteiger partial charge in [-0.3, -0.25) is 4.79 Å². The fourth-order valence-electron chi connectivity index (χ4n) is 1.06. The first-order valence-corrected chi connectivity index (χ1v) is 4.74. The van der Waals surface area contributed by atoms with Crippen LogP contribution < -0.4 is 5.43 Å². The number of aromatic nitrogens is 1. The maximum atomic E-state index is 11.3. The van der Waals surface area contributed by atoms with E-state index in [2.05, 4.69) is 21.9 Å². The Morgan fingerprint density at radius 1 is 1.62 bits per heavy atom. The van der Waals surface area contributed by atoms with Crippen LogP contribution in [0.4, 0.5) is 0 Å². The Morgan fingerprint density at radius 2 is 2.31 bits per heavy atom. The number of terminal acetylenes is 1. The second-order valence-corrected chi connectivity index (χ2v) is 3.66. The van der Waals surface area contributed by atoms with Gasteiger partial charge in [-0.1, -0.05) is 0 Å². The molecule has 0 aliphatic rings. The van der Waals surface area contributed by atoms with Crippen LogP contribution in [0.5, 0.6) is 0 Å². The number of halogens is 1. The Balaban J connectivity index is 3.01. The van der Waals surface area contributed by atoms with Gasteiger partial charge in [-0.05, 0) is 22.9 Å². The van der Waals surface area contributed by atoms with Gasteiger partial charge in [0.1, 0.15) is 0 Å². The van der Waals surface area contributed by atoms with Crippen molar-refractivity contribution in [1.82, 2.24) is 4.57 Å². The molecule has 0 unspecified atom stereocenters. The predicted octanol–water partition coefficient (Wildman–Crippen LogP) is 1.94. The molecule has 2 nitrogen and oxygen atoms in total. The number of hydrogen-bond acceptors (Lipinski definition) is 1. The van der Waals surface area contributed by atoms with Gasteiger partial charge in [-0.15, -0.1) is 12.3 Å². The quantitative estimate of drug-likeness (QED) is 0.724. The Kier molecular flexibility index (Phi) is 3.32. The van der Waals surface area contributed by atoms with Gasteiger partial charge in [0.05, 0.1) is 4.47 Å². The van der Waals surface area contributed by atoms with E-state index in [0.717, 1.165) is 12.1 Å². The minimum atomic E-state index is 0.0388. The van der Waals surface area contributed by atoms with Crippen LogP contribution in [0.3, 0.4) is 0 Å². The van der Waals surface area contributed by atoms with Crippen LogP contribution in [-0.2, 0) is 6.54 Å². The molecule has 0 aliphatic carbocycles. The first kappa shape index (κ1) is 10.1. The minimum Gasteiger partial charge on any atom is -0.352 e. The second-order valence-electron chi connectivity index (χ2n) is 2.81. The predicted molar refractivity (Wildman–Crippen MR) is 56.6 cm³/mol. The maximum Gasteiger partial charge on any atom is 0.198 e. The molecule has 1 heterocycles. The lowest BCUT2D eigenvalue weighted by Crippen LogP contribution is -2.11. The lowest BCUT2D eigenvalue weighted by Gasteiger charge is -2.05. The van der Waals surface area contributed by atoms with Crippen molar-refractivity contribution in [1.29, 1.82) is 0 Å². The summed E-state index contributed by atoms with van der Waals surface area (Å²) >= 11 is 3.20. The normalized spacial score (nSPS) is 9.62. The van der Waals surface area contributed by atoms with Gasteiger partial charge >= 0.3 is 0 Å². The molecule has 0 saturated carbocycles. The highest BCUT2D eigenvalue weighted by molar-refractivity contribution is 9.10. The van der Waals surface area contributed by atoms with Crippen LogP contribution in [0.1, 0.15) is 12.0 Å². The van der Waals surface area contributed by atoms with E-state index < -0.39 is 0 Å². The van der Waals surface area contributed by atoms with Gasteiger partial charge in [0.2, 0.25) is 0 Å². The zero-order valence-electron chi connectivity index (χ0n) is 7.38. The number of pyridine rings is 1. The molecule has 1 aromatic heterocycles. The highest BCUT2D eigenvalue weighted by atomic mass is 79.9. The van der Waals surface area contributed by atoms with Crippen LogP contribution in [0.25, 0.3) is 0 Å². The summed E-state index contributed by atoms with van der Waals surface area (Å²) in [5, 5.41) is 0. The summed E-state index contributed by atoms with van der Waals surface area (Å²) in [5.74, 6) is 2.56. The fourth-order valence-corrected chi connectivity index (χ4v) is 1.64. The number of hydrogen-bond donors (Lipinski definition) is 0. The van der Waals surface area contributed by atoms with E-state index in [9.17, 15) is 4.79 Å². The van der Waals surface area contributed by atoms with E-state index in [1.54, 1.807) is 13.1 Å². The molecule has 0 saturated heterocycles. The molecule has 1 aromatic rings. The summed E-state index contributed by atoms with van der Waals surface area (Å²) in [4.78, 5) is 11.3.